The minimum absolute atomic E-state index is 0.537. The summed E-state index contributed by atoms with van der Waals surface area (Å²) in [7, 11) is 0. The van der Waals surface area contributed by atoms with Crippen molar-refractivity contribution >= 4 is 11.6 Å². The highest BCUT2D eigenvalue weighted by atomic mass is 15.3. The molecule has 5 nitrogen and oxygen atoms in total. The number of nitrogens with one attached hydrogen (secondary N) is 1. The summed E-state index contributed by atoms with van der Waals surface area (Å²) < 4.78 is 0. The first-order valence-electron chi connectivity index (χ1n) is 11.3. The number of piperazine rings is 1. The Morgan fingerprint density at radius 3 is 2.38 bits per heavy atom. The molecule has 29 heavy (non-hydrogen) atoms. The molecule has 2 fully saturated rings. The quantitative estimate of drug-likeness (QED) is 0.794. The first-order chi connectivity index (χ1) is 14.2. The van der Waals surface area contributed by atoms with Crippen LogP contribution in [0.3, 0.4) is 0 Å². The maximum atomic E-state index is 4.29. The number of aryl methyl sites for hydroxylation is 1. The molecule has 1 saturated heterocycles. The number of anilines is 2. The summed E-state index contributed by atoms with van der Waals surface area (Å²) in [6.07, 6.45) is 10.1. The van der Waals surface area contributed by atoms with E-state index in [1.807, 2.05) is 6.07 Å². The summed E-state index contributed by atoms with van der Waals surface area (Å²) in [5, 5.41) is 3.50. The minimum atomic E-state index is 0.537. The minimum Gasteiger partial charge on any atom is -0.369 e. The molecule has 1 N–H and O–H groups in total. The van der Waals surface area contributed by atoms with Gasteiger partial charge in [-0.1, -0.05) is 12.1 Å². The van der Waals surface area contributed by atoms with E-state index in [4.69, 9.17) is 0 Å². The Bertz CT molecular complexity index is 762. The van der Waals surface area contributed by atoms with Gasteiger partial charge in [-0.3, -0.25) is 4.90 Å². The van der Waals surface area contributed by atoms with Crippen LogP contribution in [-0.4, -0.2) is 53.6 Å². The van der Waals surface area contributed by atoms with E-state index in [1.54, 1.807) is 12.4 Å². The summed E-state index contributed by atoms with van der Waals surface area (Å²) in [5.74, 6) is 1.65. The summed E-state index contributed by atoms with van der Waals surface area (Å²) in [6, 6.07) is 9.09. The lowest BCUT2D eigenvalue weighted by Gasteiger charge is -2.38. The first kappa shape index (κ1) is 20.1. The maximum Gasteiger partial charge on any atom is 0.222 e. The SMILES string of the molecule is Cc1cccc(N2CCN(CCC3CCC(Nc4ncccn4)CC3)CC2)c1C. The van der Waals surface area contributed by atoms with Crippen molar-refractivity contribution in [3.05, 3.63) is 47.8 Å². The Morgan fingerprint density at radius 1 is 0.931 bits per heavy atom. The maximum absolute atomic E-state index is 4.29. The van der Waals surface area contributed by atoms with Gasteiger partial charge in [0, 0.05) is 50.3 Å². The molecular formula is C24H35N5. The fourth-order valence-electron chi connectivity index (χ4n) is 4.81. The second-order valence-electron chi connectivity index (χ2n) is 8.77. The van der Waals surface area contributed by atoms with Gasteiger partial charge < -0.3 is 10.2 Å². The van der Waals surface area contributed by atoms with Crippen LogP contribution in [0.1, 0.15) is 43.2 Å². The largest absolute Gasteiger partial charge is 0.369 e. The molecule has 4 rings (SSSR count). The molecule has 1 aromatic carbocycles. The van der Waals surface area contributed by atoms with E-state index in [9.17, 15) is 0 Å². The van der Waals surface area contributed by atoms with Crippen molar-refractivity contribution in [2.24, 2.45) is 5.92 Å². The summed E-state index contributed by atoms with van der Waals surface area (Å²) >= 11 is 0. The van der Waals surface area contributed by atoms with Crippen LogP contribution in [0, 0.1) is 19.8 Å². The van der Waals surface area contributed by atoms with E-state index in [0.717, 1.165) is 25.0 Å². The van der Waals surface area contributed by atoms with Gasteiger partial charge in [-0.2, -0.15) is 0 Å². The van der Waals surface area contributed by atoms with Crippen LogP contribution in [0.25, 0.3) is 0 Å². The number of hydrogen-bond acceptors (Lipinski definition) is 5. The van der Waals surface area contributed by atoms with Crippen molar-refractivity contribution in [1.29, 1.82) is 0 Å². The standard InChI is InChI=1S/C24H35N5/c1-19-5-3-6-23(20(19)2)29-17-15-28(16-18-29)14-11-21-7-9-22(10-8-21)27-24-25-12-4-13-26-24/h3-6,12-13,21-22H,7-11,14-18H2,1-2H3,(H,25,26,27). The average Bonchev–Trinajstić information content (AvgIpc) is 2.76. The summed E-state index contributed by atoms with van der Waals surface area (Å²) in [6.45, 7) is 10.4. The highest BCUT2D eigenvalue weighted by molar-refractivity contribution is 5.56. The molecule has 1 aliphatic heterocycles. The van der Waals surface area contributed by atoms with Crippen molar-refractivity contribution in [3.8, 4) is 0 Å². The van der Waals surface area contributed by atoms with Crippen molar-refractivity contribution in [2.45, 2.75) is 52.0 Å². The zero-order chi connectivity index (χ0) is 20.1. The monoisotopic (exact) mass is 393 g/mol. The third-order valence-corrected chi connectivity index (χ3v) is 6.89. The van der Waals surface area contributed by atoms with Crippen molar-refractivity contribution in [2.75, 3.05) is 42.9 Å². The number of aromatic nitrogens is 2. The lowest BCUT2D eigenvalue weighted by molar-refractivity contribution is 0.218. The van der Waals surface area contributed by atoms with Gasteiger partial charge in [0.15, 0.2) is 0 Å². The molecular weight excluding hydrogens is 358 g/mol. The van der Waals surface area contributed by atoms with E-state index in [1.165, 1.54) is 68.6 Å². The van der Waals surface area contributed by atoms with E-state index >= 15 is 0 Å². The third kappa shape index (κ3) is 5.27. The lowest BCUT2D eigenvalue weighted by atomic mass is 9.84. The molecule has 5 heteroatoms. The van der Waals surface area contributed by atoms with Gasteiger partial charge in [-0.25, -0.2) is 9.97 Å². The van der Waals surface area contributed by atoms with Crippen LogP contribution in [0.5, 0.6) is 0 Å². The smallest absolute Gasteiger partial charge is 0.222 e. The molecule has 0 atom stereocenters. The van der Waals surface area contributed by atoms with Gasteiger partial charge in [-0.05, 0) is 81.7 Å². The number of rotatable bonds is 6. The number of benzene rings is 1. The van der Waals surface area contributed by atoms with E-state index in [0.29, 0.717) is 6.04 Å². The van der Waals surface area contributed by atoms with Crippen molar-refractivity contribution in [3.63, 3.8) is 0 Å². The first-order valence-corrected chi connectivity index (χ1v) is 11.3. The molecule has 1 aromatic heterocycles. The Kier molecular flexibility index (Phi) is 6.65. The fraction of sp³-hybridized carbons (Fsp3) is 0.583. The number of nitrogens with zero attached hydrogens (tertiary/aromatic N) is 4. The van der Waals surface area contributed by atoms with E-state index in [2.05, 4.69) is 57.1 Å². The molecule has 2 aliphatic rings. The van der Waals surface area contributed by atoms with Gasteiger partial charge in [0.1, 0.15) is 0 Å². The van der Waals surface area contributed by atoms with Crippen molar-refractivity contribution < 1.29 is 0 Å². The van der Waals surface area contributed by atoms with Crippen LogP contribution in [0.4, 0.5) is 11.6 Å². The molecule has 0 bridgehead atoms. The highest BCUT2D eigenvalue weighted by Gasteiger charge is 2.23. The van der Waals surface area contributed by atoms with Gasteiger partial charge in [0.25, 0.3) is 0 Å². The molecule has 0 amide bonds. The van der Waals surface area contributed by atoms with Crippen LogP contribution in [0.15, 0.2) is 36.7 Å². The van der Waals surface area contributed by atoms with Crippen LogP contribution < -0.4 is 10.2 Å². The van der Waals surface area contributed by atoms with E-state index in [-0.39, 0.29) is 0 Å². The van der Waals surface area contributed by atoms with Gasteiger partial charge in [0.2, 0.25) is 5.95 Å². The van der Waals surface area contributed by atoms with Gasteiger partial charge >= 0.3 is 0 Å². The second kappa shape index (κ2) is 9.57. The number of hydrogen-bond donors (Lipinski definition) is 1. The molecule has 1 aliphatic carbocycles. The highest BCUT2D eigenvalue weighted by Crippen LogP contribution is 2.29. The Hall–Kier alpha value is -2.14. The van der Waals surface area contributed by atoms with Gasteiger partial charge in [-0.15, -0.1) is 0 Å². The molecule has 2 heterocycles. The molecule has 0 radical (unpaired) electrons. The second-order valence-corrected chi connectivity index (χ2v) is 8.77. The van der Waals surface area contributed by atoms with Gasteiger partial charge in [0.05, 0.1) is 0 Å². The zero-order valence-electron chi connectivity index (χ0n) is 18.0. The van der Waals surface area contributed by atoms with Crippen LogP contribution in [0.2, 0.25) is 0 Å². The molecule has 0 unspecified atom stereocenters. The Morgan fingerprint density at radius 2 is 1.66 bits per heavy atom. The normalized spacial score (nSPS) is 23.2. The molecule has 0 spiro atoms. The summed E-state index contributed by atoms with van der Waals surface area (Å²) in [4.78, 5) is 13.8. The van der Waals surface area contributed by atoms with Crippen LogP contribution >= 0.6 is 0 Å². The molecule has 1 saturated carbocycles. The van der Waals surface area contributed by atoms with Crippen LogP contribution in [-0.2, 0) is 0 Å². The topological polar surface area (TPSA) is 44.3 Å². The Labute approximate surface area is 175 Å². The molecule has 2 aromatic rings. The summed E-state index contributed by atoms with van der Waals surface area (Å²) in [5.41, 5.74) is 4.26. The predicted octanol–water partition coefficient (Wildman–Crippen LogP) is 4.28. The van der Waals surface area contributed by atoms with Crippen molar-refractivity contribution in [1.82, 2.24) is 14.9 Å². The Balaban J connectivity index is 1.16. The van der Waals surface area contributed by atoms with E-state index < -0.39 is 0 Å². The average molecular weight is 394 g/mol. The lowest BCUT2D eigenvalue weighted by Crippen LogP contribution is -2.47. The third-order valence-electron chi connectivity index (χ3n) is 6.89. The molecule has 156 valence electrons. The zero-order valence-corrected chi connectivity index (χ0v) is 18.0. The predicted molar refractivity (Wildman–Crippen MR) is 121 cm³/mol. The fourth-order valence-corrected chi connectivity index (χ4v) is 4.81.